The Morgan fingerprint density at radius 2 is 2.13 bits per heavy atom. The van der Waals surface area contributed by atoms with Gasteiger partial charge in [-0.05, 0) is 27.4 Å². The lowest BCUT2D eigenvalue weighted by Crippen LogP contribution is -2.48. The molecule has 15 heavy (non-hydrogen) atoms. The van der Waals surface area contributed by atoms with E-state index in [0.29, 0.717) is 12.0 Å². The van der Waals surface area contributed by atoms with Crippen molar-refractivity contribution in [2.24, 2.45) is 10.8 Å². The molecule has 0 aliphatic carbocycles. The van der Waals surface area contributed by atoms with Gasteiger partial charge in [0, 0.05) is 19.1 Å². The zero-order valence-corrected chi connectivity index (χ0v) is 10.4. The van der Waals surface area contributed by atoms with Crippen LogP contribution >= 0.6 is 0 Å². The van der Waals surface area contributed by atoms with Gasteiger partial charge in [-0.15, -0.1) is 0 Å². The quantitative estimate of drug-likeness (QED) is 0.194. The van der Waals surface area contributed by atoms with Crippen molar-refractivity contribution in [3.05, 3.63) is 0 Å². The van der Waals surface area contributed by atoms with Crippen LogP contribution in [0.2, 0.25) is 0 Å². The fourth-order valence-electron chi connectivity index (χ4n) is 1.31. The van der Waals surface area contributed by atoms with Gasteiger partial charge < -0.3 is 10.2 Å². The highest BCUT2D eigenvalue weighted by Gasteiger charge is 2.04. The van der Waals surface area contributed by atoms with Crippen LogP contribution in [-0.4, -0.2) is 44.1 Å². The van der Waals surface area contributed by atoms with Gasteiger partial charge in [-0.3, -0.25) is 10.4 Å². The van der Waals surface area contributed by atoms with E-state index in [4.69, 9.17) is 5.84 Å². The van der Waals surface area contributed by atoms with Gasteiger partial charge in [0.25, 0.3) is 0 Å². The summed E-state index contributed by atoms with van der Waals surface area (Å²) in [6, 6.07) is 0.330. The first-order chi connectivity index (χ1) is 7.10. The Morgan fingerprint density at radius 3 is 2.60 bits per heavy atom. The second-order valence-corrected chi connectivity index (χ2v) is 4.04. The minimum absolute atomic E-state index is 0.330. The first kappa shape index (κ1) is 14.2. The number of hydrazine groups is 1. The largest absolute Gasteiger partial charge is 0.352 e. The number of rotatable bonds is 6. The van der Waals surface area contributed by atoms with Crippen molar-refractivity contribution in [3.63, 3.8) is 0 Å². The molecule has 0 fully saturated rings. The molecule has 90 valence electrons. The van der Waals surface area contributed by atoms with E-state index in [9.17, 15) is 0 Å². The maximum atomic E-state index is 5.38. The van der Waals surface area contributed by atoms with Crippen LogP contribution in [0.3, 0.4) is 0 Å². The molecule has 0 bridgehead atoms. The smallest absolute Gasteiger partial charge is 0.205 e. The lowest BCUT2D eigenvalue weighted by Gasteiger charge is -2.20. The summed E-state index contributed by atoms with van der Waals surface area (Å²) in [5.41, 5.74) is 2.59. The van der Waals surface area contributed by atoms with Crippen LogP contribution in [0, 0.1) is 0 Å². The number of hydrogen-bond donors (Lipinski definition) is 3. The molecule has 5 heteroatoms. The fourth-order valence-corrected chi connectivity index (χ4v) is 1.31. The summed E-state index contributed by atoms with van der Waals surface area (Å²) in [7, 11) is 4.09. The van der Waals surface area contributed by atoms with Crippen molar-refractivity contribution < 1.29 is 0 Å². The van der Waals surface area contributed by atoms with Crippen LogP contribution < -0.4 is 16.6 Å². The minimum Gasteiger partial charge on any atom is -0.352 e. The summed E-state index contributed by atoms with van der Waals surface area (Å²) in [6.07, 6.45) is 2.24. The zero-order valence-electron chi connectivity index (χ0n) is 10.4. The number of unbranched alkanes of at least 4 members (excludes halogenated alkanes) is 1. The number of guanidine groups is 1. The summed E-state index contributed by atoms with van der Waals surface area (Å²) < 4.78 is 0. The second kappa shape index (κ2) is 8.49. The molecule has 1 atom stereocenters. The van der Waals surface area contributed by atoms with Gasteiger partial charge in [0.1, 0.15) is 0 Å². The number of likely N-dealkylation sites (N-methyl/N-ethyl adjacent to an activating group) is 1. The molecule has 4 N–H and O–H groups in total. The standard InChI is InChI=1S/C10H25N5/c1-5-6-7-12-10(14-11)13-9(2)8-15(3)4/h9H,5-8,11H2,1-4H3,(H2,12,13,14). The third-order valence-electron chi connectivity index (χ3n) is 1.94. The van der Waals surface area contributed by atoms with Gasteiger partial charge >= 0.3 is 0 Å². The normalized spacial score (nSPS) is 14.1. The van der Waals surface area contributed by atoms with Crippen LogP contribution in [0.15, 0.2) is 4.99 Å². The van der Waals surface area contributed by atoms with E-state index in [2.05, 4.69) is 34.5 Å². The monoisotopic (exact) mass is 215 g/mol. The molecule has 0 saturated carbocycles. The Bertz CT molecular complexity index is 179. The molecule has 0 heterocycles. The Morgan fingerprint density at radius 1 is 1.47 bits per heavy atom. The van der Waals surface area contributed by atoms with E-state index in [-0.39, 0.29) is 0 Å². The van der Waals surface area contributed by atoms with Crippen molar-refractivity contribution in [2.75, 3.05) is 27.2 Å². The maximum Gasteiger partial charge on any atom is 0.205 e. The predicted molar refractivity (Wildman–Crippen MR) is 65.7 cm³/mol. The Balaban J connectivity index is 3.91. The molecule has 0 aromatic carbocycles. The van der Waals surface area contributed by atoms with Crippen molar-refractivity contribution in [2.45, 2.75) is 32.7 Å². The maximum absolute atomic E-state index is 5.38. The molecular formula is C10H25N5. The van der Waals surface area contributed by atoms with E-state index in [0.717, 1.165) is 25.9 Å². The minimum atomic E-state index is 0.330. The zero-order chi connectivity index (χ0) is 11.7. The van der Waals surface area contributed by atoms with Crippen molar-refractivity contribution in [1.82, 2.24) is 15.6 Å². The summed E-state index contributed by atoms with van der Waals surface area (Å²) in [4.78, 5) is 6.45. The lowest BCUT2D eigenvalue weighted by atomic mass is 10.3. The fraction of sp³-hybridized carbons (Fsp3) is 0.900. The van der Waals surface area contributed by atoms with Gasteiger partial charge in [0.15, 0.2) is 0 Å². The number of aliphatic imine (C=N–C) groups is 1. The van der Waals surface area contributed by atoms with E-state index < -0.39 is 0 Å². The van der Waals surface area contributed by atoms with Crippen molar-refractivity contribution in [3.8, 4) is 0 Å². The Labute approximate surface area is 93.1 Å². The molecule has 0 spiro atoms. The van der Waals surface area contributed by atoms with Crippen LogP contribution in [0.4, 0.5) is 0 Å². The third-order valence-corrected chi connectivity index (χ3v) is 1.94. The second-order valence-electron chi connectivity index (χ2n) is 4.04. The first-order valence-corrected chi connectivity index (χ1v) is 5.52. The summed E-state index contributed by atoms with van der Waals surface area (Å²) in [6.45, 7) is 6.02. The highest BCUT2D eigenvalue weighted by Crippen LogP contribution is 1.88. The van der Waals surface area contributed by atoms with Crippen LogP contribution in [-0.2, 0) is 0 Å². The molecular weight excluding hydrogens is 190 g/mol. The molecule has 0 amide bonds. The number of nitrogens with two attached hydrogens (primary N) is 1. The topological polar surface area (TPSA) is 65.7 Å². The highest BCUT2D eigenvalue weighted by atomic mass is 15.3. The van der Waals surface area contributed by atoms with Crippen LogP contribution in [0.5, 0.6) is 0 Å². The summed E-state index contributed by atoms with van der Waals surface area (Å²) in [5.74, 6) is 6.06. The molecule has 1 unspecified atom stereocenters. The molecule has 0 aliphatic heterocycles. The van der Waals surface area contributed by atoms with Gasteiger partial charge in [0.05, 0.1) is 0 Å². The molecule has 0 rings (SSSR count). The highest BCUT2D eigenvalue weighted by molar-refractivity contribution is 5.79. The van der Waals surface area contributed by atoms with E-state index in [1.54, 1.807) is 0 Å². The molecule has 0 saturated heterocycles. The SMILES string of the molecule is CCCCN=C(NN)NC(C)CN(C)C. The molecule has 0 radical (unpaired) electrons. The molecule has 0 aromatic rings. The number of nitrogens with zero attached hydrogens (tertiary/aromatic N) is 2. The Kier molecular flexibility index (Phi) is 8.04. The molecule has 0 aromatic heterocycles. The summed E-state index contributed by atoms with van der Waals surface area (Å²) in [5, 5.41) is 3.23. The lowest BCUT2D eigenvalue weighted by molar-refractivity contribution is 0.368. The molecule has 5 nitrogen and oxygen atoms in total. The Hall–Kier alpha value is -0.810. The van der Waals surface area contributed by atoms with E-state index >= 15 is 0 Å². The van der Waals surface area contributed by atoms with Crippen molar-refractivity contribution >= 4 is 5.96 Å². The van der Waals surface area contributed by atoms with Crippen LogP contribution in [0.25, 0.3) is 0 Å². The first-order valence-electron chi connectivity index (χ1n) is 5.52. The number of hydrogen-bond acceptors (Lipinski definition) is 3. The predicted octanol–water partition coefficient (Wildman–Crippen LogP) is 0.146. The third kappa shape index (κ3) is 8.20. The van der Waals surface area contributed by atoms with Crippen molar-refractivity contribution in [1.29, 1.82) is 0 Å². The van der Waals surface area contributed by atoms with Gasteiger partial charge in [-0.2, -0.15) is 0 Å². The summed E-state index contributed by atoms with van der Waals surface area (Å²) >= 11 is 0. The van der Waals surface area contributed by atoms with Gasteiger partial charge in [-0.1, -0.05) is 13.3 Å². The van der Waals surface area contributed by atoms with Gasteiger partial charge in [0.2, 0.25) is 5.96 Å². The van der Waals surface area contributed by atoms with Gasteiger partial charge in [-0.25, -0.2) is 5.84 Å². The average molecular weight is 215 g/mol. The van der Waals surface area contributed by atoms with E-state index in [1.807, 2.05) is 14.1 Å². The molecule has 0 aliphatic rings. The average Bonchev–Trinajstić information content (AvgIpc) is 2.15. The van der Waals surface area contributed by atoms with E-state index in [1.165, 1.54) is 0 Å². The van der Waals surface area contributed by atoms with Crippen LogP contribution in [0.1, 0.15) is 26.7 Å². The number of nitrogens with one attached hydrogen (secondary N) is 2.